The summed E-state index contributed by atoms with van der Waals surface area (Å²) < 4.78 is 7.48. The second kappa shape index (κ2) is 5.73. The summed E-state index contributed by atoms with van der Waals surface area (Å²) in [7, 11) is 0. The Balaban J connectivity index is 1.90. The van der Waals surface area contributed by atoms with E-state index in [0.29, 0.717) is 5.16 Å². The Kier molecular flexibility index (Phi) is 3.95. The van der Waals surface area contributed by atoms with Gasteiger partial charge in [0.25, 0.3) is 0 Å². The number of nitrogens with two attached hydrogens (primary N) is 1. The summed E-state index contributed by atoms with van der Waals surface area (Å²) in [5, 5.41) is 7.35. The number of aryl methyl sites for hydroxylation is 1. The molecule has 0 aromatic carbocycles. The maximum atomic E-state index is 11.9. The maximum absolute atomic E-state index is 11.9. The fraction of sp³-hybridized carbons (Fsp3) is 0.571. The third-order valence-corrected chi connectivity index (χ3v) is 5.05. The molecule has 7 heteroatoms. The lowest BCUT2D eigenvalue weighted by Crippen LogP contribution is -2.26. The van der Waals surface area contributed by atoms with Crippen LogP contribution >= 0.6 is 11.8 Å². The topological polar surface area (TPSA) is 89.8 Å². The zero-order valence-corrected chi connectivity index (χ0v) is 13.0. The zero-order valence-electron chi connectivity index (χ0n) is 12.2. The largest absolute Gasteiger partial charge is 0.465 e. The van der Waals surface area contributed by atoms with Gasteiger partial charge < -0.3 is 10.2 Å². The highest BCUT2D eigenvalue weighted by Gasteiger charge is 2.31. The van der Waals surface area contributed by atoms with Crippen LogP contribution in [-0.2, 0) is 0 Å². The molecule has 0 bridgehead atoms. The van der Waals surface area contributed by atoms with Crippen LogP contribution in [0.2, 0.25) is 0 Å². The molecule has 1 aliphatic rings. The van der Waals surface area contributed by atoms with E-state index in [9.17, 15) is 4.79 Å². The van der Waals surface area contributed by atoms with E-state index in [1.165, 1.54) is 11.8 Å². The van der Waals surface area contributed by atoms with Gasteiger partial charge in [-0.25, -0.2) is 9.89 Å². The number of thioether (sulfide) groups is 1. The van der Waals surface area contributed by atoms with E-state index in [-0.39, 0.29) is 23.0 Å². The van der Waals surface area contributed by atoms with Crippen molar-refractivity contribution in [3.8, 4) is 0 Å². The van der Waals surface area contributed by atoms with Crippen LogP contribution in [0.15, 0.2) is 26.5 Å². The molecule has 3 N–H and O–H groups in total. The Morgan fingerprint density at radius 2 is 2.33 bits per heavy atom. The number of aromatic nitrogens is 3. The molecule has 1 saturated carbocycles. The van der Waals surface area contributed by atoms with Crippen LogP contribution in [0.1, 0.15) is 49.0 Å². The van der Waals surface area contributed by atoms with Crippen molar-refractivity contribution >= 4 is 11.8 Å². The maximum Gasteiger partial charge on any atom is 0.344 e. The summed E-state index contributed by atoms with van der Waals surface area (Å²) in [5.74, 6) is 1.70. The monoisotopic (exact) mass is 308 g/mol. The van der Waals surface area contributed by atoms with E-state index in [1.807, 2.05) is 26.0 Å². The van der Waals surface area contributed by atoms with E-state index in [1.54, 1.807) is 4.57 Å². The van der Waals surface area contributed by atoms with Crippen molar-refractivity contribution in [3.63, 3.8) is 0 Å². The Morgan fingerprint density at radius 3 is 2.90 bits per heavy atom. The molecule has 0 spiro atoms. The number of hydrogen-bond donors (Lipinski definition) is 2. The van der Waals surface area contributed by atoms with Gasteiger partial charge in [-0.1, -0.05) is 18.7 Å². The highest BCUT2D eigenvalue weighted by molar-refractivity contribution is 7.99. The number of furan rings is 1. The highest BCUT2D eigenvalue weighted by Crippen LogP contribution is 2.41. The zero-order chi connectivity index (χ0) is 15.0. The normalized spacial score (nSPS) is 17.9. The average molecular weight is 308 g/mol. The van der Waals surface area contributed by atoms with Crippen LogP contribution in [0.25, 0.3) is 0 Å². The van der Waals surface area contributed by atoms with Crippen LogP contribution in [0.3, 0.4) is 0 Å². The molecule has 21 heavy (non-hydrogen) atoms. The molecule has 0 aliphatic heterocycles. The fourth-order valence-electron chi connectivity index (χ4n) is 2.32. The molecule has 2 unspecified atom stereocenters. The number of nitrogens with zero attached hydrogens (tertiary/aromatic N) is 2. The molecule has 1 fully saturated rings. The van der Waals surface area contributed by atoms with E-state index in [0.717, 1.165) is 30.8 Å². The van der Waals surface area contributed by atoms with E-state index in [4.69, 9.17) is 10.2 Å². The van der Waals surface area contributed by atoms with Gasteiger partial charge in [0.2, 0.25) is 0 Å². The Bertz CT molecular complexity index is 671. The van der Waals surface area contributed by atoms with Crippen LogP contribution in [0.4, 0.5) is 0 Å². The molecular formula is C14H20N4O2S. The standard InChI is InChI=1S/C14H20N4O2S/c1-3-10(15)12(11-7-4-8(2)20-11)21-14-17-16-13(19)18(14)9-5-6-9/h4,7,9-10,12H,3,5-6,15H2,1-2H3,(H,16,19). The first kappa shape index (κ1) is 14.5. The summed E-state index contributed by atoms with van der Waals surface area (Å²) in [6.45, 7) is 3.96. The molecule has 1 aliphatic carbocycles. The number of aromatic amines is 1. The van der Waals surface area contributed by atoms with Crippen molar-refractivity contribution in [1.82, 2.24) is 14.8 Å². The molecule has 6 nitrogen and oxygen atoms in total. The van der Waals surface area contributed by atoms with Gasteiger partial charge in [0, 0.05) is 12.1 Å². The van der Waals surface area contributed by atoms with E-state index < -0.39 is 0 Å². The van der Waals surface area contributed by atoms with Crippen LogP contribution < -0.4 is 11.4 Å². The summed E-state index contributed by atoms with van der Waals surface area (Å²) in [4.78, 5) is 11.9. The number of nitrogens with one attached hydrogen (secondary N) is 1. The third-order valence-electron chi connectivity index (χ3n) is 3.72. The van der Waals surface area contributed by atoms with Gasteiger partial charge in [-0.05, 0) is 38.3 Å². The Morgan fingerprint density at radius 1 is 1.57 bits per heavy atom. The third kappa shape index (κ3) is 2.94. The fourth-order valence-corrected chi connectivity index (χ4v) is 3.60. The van der Waals surface area contributed by atoms with E-state index in [2.05, 4.69) is 10.2 Å². The predicted octanol–water partition coefficient (Wildman–Crippen LogP) is 2.38. The van der Waals surface area contributed by atoms with Crippen molar-refractivity contribution in [2.24, 2.45) is 5.73 Å². The minimum absolute atomic E-state index is 0.0450. The predicted molar refractivity (Wildman–Crippen MR) is 81.4 cm³/mol. The van der Waals surface area contributed by atoms with Crippen LogP contribution in [-0.4, -0.2) is 20.8 Å². The minimum Gasteiger partial charge on any atom is -0.465 e. The van der Waals surface area contributed by atoms with Gasteiger partial charge in [0.05, 0.1) is 5.25 Å². The summed E-state index contributed by atoms with van der Waals surface area (Å²) in [6.07, 6.45) is 2.91. The first-order chi connectivity index (χ1) is 10.1. The molecule has 2 atom stereocenters. The lowest BCUT2D eigenvalue weighted by Gasteiger charge is -2.20. The lowest BCUT2D eigenvalue weighted by molar-refractivity contribution is 0.453. The van der Waals surface area contributed by atoms with E-state index >= 15 is 0 Å². The Hall–Kier alpha value is -1.47. The second-order valence-electron chi connectivity index (χ2n) is 5.47. The molecule has 2 aromatic heterocycles. The molecule has 0 saturated heterocycles. The first-order valence-corrected chi connectivity index (χ1v) is 8.13. The molecular weight excluding hydrogens is 288 g/mol. The summed E-state index contributed by atoms with van der Waals surface area (Å²) in [5.41, 5.74) is 6.11. The van der Waals surface area contributed by atoms with Crippen molar-refractivity contribution in [3.05, 3.63) is 34.1 Å². The smallest absolute Gasteiger partial charge is 0.344 e. The molecule has 0 radical (unpaired) electrons. The lowest BCUT2D eigenvalue weighted by atomic mass is 10.1. The highest BCUT2D eigenvalue weighted by atomic mass is 32.2. The molecule has 0 amide bonds. The van der Waals surface area contributed by atoms with Crippen LogP contribution in [0, 0.1) is 6.92 Å². The SMILES string of the molecule is CCC(N)C(Sc1n[nH]c(=O)n1C1CC1)c1ccc(C)o1. The van der Waals surface area contributed by atoms with Crippen LogP contribution in [0.5, 0.6) is 0 Å². The van der Waals surface area contributed by atoms with Gasteiger partial charge in [-0.15, -0.1) is 5.10 Å². The summed E-state index contributed by atoms with van der Waals surface area (Å²) >= 11 is 1.51. The number of H-pyrrole nitrogens is 1. The average Bonchev–Trinajstić information content (AvgIpc) is 3.11. The van der Waals surface area contributed by atoms with Gasteiger partial charge >= 0.3 is 5.69 Å². The minimum atomic E-state index is -0.139. The van der Waals surface area contributed by atoms with Crippen molar-refractivity contribution in [1.29, 1.82) is 0 Å². The summed E-state index contributed by atoms with van der Waals surface area (Å²) in [6, 6.07) is 4.12. The van der Waals surface area contributed by atoms with Gasteiger partial charge in [-0.2, -0.15) is 0 Å². The van der Waals surface area contributed by atoms with Gasteiger partial charge in [-0.3, -0.25) is 4.57 Å². The van der Waals surface area contributed by atoms with Gasteiger partial charge in [0.15, 0.2) is 5.16 Å². The van der Waals surface area contributed by atoms with Gasteiger partial charge in [0.1, 0.15) is 11.5 Å². The molecule has 3 rings (SSSR count). The van der Waals surface area contributed by atoms with Crippen molar-refractivity contribution in [2.45, 2.75) is 55.6 Å². The molecule has 2 aromatic rings. The van der Waals surface area contributed by atoms with Crippen molar-refractivity contribution < 1.29 is 4.42 Å². The number of rotatable bonds is 6. The number of hydrogen-bond acceptors (Lipinski definition) is 5. The first-order valence-electron chi connectivity index (χ1n) is 7.25. The Labute approximate surface area is 127 Å². The quantitative estimate of drug-likeness (QED) is 0.800. The molecule has 114 valence electrons. The van der Waals surface area contributed by atoms with Crippen molar-refractivity contribution in [2.75, 3.05) is 0 Å². The molecule has 2 heterocycles. The second-order valence-corrected chi connectivity index (χ2v) is 6.58.